The molecule has 0 aromatic carbocycles. The van der Waals surface area contributed by atoms with Gasteiger partial charge in [-0.15, -0.1) is 0 Å². The molecule has 1 saturated carbocycles. The molecular formula is C11H14N2O2. The zero-order valence-corrected chi connectivity index (χ0v) is 8.84. The van der Waals surface area contributed by atoms with Crippen LogP contribution < -0.4 is 0 Å². The topological polar surface area (TPSA) is 63.1 Å². The van der Waals surface area contributed by atoms with Gasteiger partial charge in [-0.3, -0.25) is 4.79 Å². The van der Waals surface area contributed by atoms with Crippen LogP contribution in [0.1, 0.15) is 43.6 Å². The molecule has 1 heterocycles. The van der Waals surface area contributed by atoms with E-state index < -0.39 is 5.97 Å². The van der Waals surface area contributed by atoms with Crippen LogP contribution in [0.5, 0.6) is 0 Å². The molecule has 80 valence electrons. The van der Waals surface area contributed by atoms with Crippen LogP contribution in [0, 0.1) is 5.92 Å². The van der Waals surface area contributed by atoms with Gasteiger partial charge in [0.05, 0.1) is 5.92 Å². The van der Waals surface area contributed by atoms with Gasteiger partial charge in [0, 0.05) is 17.8 Å². The van der Waals surface area contributed by atoms with E-state index in [1.54, 1.807) is 6.20 Å². The van der Waals surface area contributed by atoms with Gasteiger partial charge >= 0.3 is 5.97 Å². The Morgan fingerprint density at radius 3 is 2.87 bits per heavy atom. The molecule has 1 aromatic rings. The minimum absolute atomic E-state index is 0.0289. The zero-order valence-electron chi connectivity index (χ0n) is 8.84. The first-order valence-corrected chi connectivity index (χ1v) is 5.15. The van der Waals surface area contributed by atoms with E-state index in [0.717, 1.165) is 5.69 Å². The molecule has 4 heteroatoms. The molecule has 1 fully saturated rings. The van der Waals surface area contributed by atoms with Gasteiger partial charge in [0.15, 0.2) is 0 Å². The molecule has 2 unspecified atom stereocenters. The number of rotatable bonds is 3. The van der Waals surface area contributed by atoms with Crippen LogP contribution in [-0.2, 0) is 4.79 Å². The van der Waals surface area contributed by atoms with E-state index in [1.165, 1.54) is 0 Å². The molecule has 1 aliphatic carbocycles. The highest BCUT2D eigenvalue weighted by Crippen LogP contribution is 2.46. The molecule has 1 aliphatic rings. The van der Waals surface area contributed by atoms with Crippen molar-refractivity contribution in [3.05, 3.63) is 23.8 Å². The maximum absolute atomic E-state index is 10.7. The monoisotopic (exact) mass is 206 g/mol. The second-order valence-electron chi connectivity index (χ2n) is 4.28. The van der Waals surface area contributed by atoms with Gasteiger partial charge in [-0.05, 0) is 18.4 Å². The number of hydrogen-bond acceptors (Lipinski definition) is 3. The summed E-state index contributed by atoms with van der Waals surface area (Å²) in [6, 6.07) is 1.88. The molecule has 0 bridgehead atoms. The van der Waals surface area contributed by atoms with Crippen LogP contribution in [0.2, 0.25) is 0 Å². The molecular weight excluding hydrogens is 192 g/mol. The fourth-order valence-electron chi connectivity index (χ4n) is 1.64. The van der Waals surface area contributed by atoms with E-state index in [1.807, 2.05) is 6.07 Å². The highest BCUT2D eigenvalue weighted by molar-refractivity contribution is 5.74. The van der Waals surface area contributed by atoms with Crippen LogP contribution >= 0.6 is 0 Å². The van der Waals surface area contributed by atoms with Gasteiger partial charge in [-0.2, -0.15) is 0 Å². The Morgan fingerprint density at radius 2 is 2.33 bits per heavy atom. The third-order valence-corrected chi connectivity index (χ3v) is 2.73. The average Bonchev–Trinajstić information content (AvgIpc) is 2.97. The number of nitrogens with zero attached hydrogens (tertiary/aromatic N) is 2. The van der Waals surface area contributed by atoms with Crippen molar-refractivity contribution in [2.24, 2.45) is 5.92 Å². The molecule has 0 aliphatic heterocycles. The van der Waals surface area contributed by atoms with Gasteiger partial charge in [0.2, 0.25) is 0 Å². The largest absolute Gasteiger partial charge is 0.481 e. The fraction of sp³-hybridized carbons (Fsp3) is 0.545. The lowest BCUT2D eigenvalue weighted by Crippen LogP contribution is -2.03. The van der Waals surface area contributed by atoms with Crippen LogP contribution in [-0.4, -0.2) is 21.0 Å². The van der Waals surface area contributed by atoms with Crippen molar-refractivity contribution in [2.75, 3.05) is 0 Å². The standard InChI is InChI=1S/C11H14N2O2/c1-6(2)9-3-4-12-10(13-9)7-5-8(7)11(14)15/h3-4,6-8H,5H2,1-2H3,(H,14,15). The lowest BCUT2D eigenvalue weighted by molar-refractivity contribution is -0.138. The van der Waals surface area contributed by atoms with Crippen molar-refractivity contribution in [1.29, 1.82) is 0 Å². The Balaban J connectivity index is 2.17. The minimum Gasteiger partial charge on any atom is -0.481 e. The third kappa shape index (κ3) is 1.98. The molecule has 1 aromatic heterocycles. The van der Waals surface area contributed by atoms with Crippen LogP contribution in [0.25, 0.3) is 0 Å². The summed E-state index contributed by atoms with van der Waals surface area (Å²) in [7, 11) is 0. The predicted octanol–water partition coefficient (Wildman–Crippen LogP) is 1.79. The zero-order chi connectivity index (χ0) is 11.0. The van der Waals surface area contributed by atoms with E-state index in [9.17, 15) is 4.79 Å². The SMILES string of the molecule is CC(C)c1ccnc(C2CC2C(=O)O)n1. The summed E-state index contributed by atoms with van der Waals surface area (Å²) in [4.78, 5) is 19.2. The molecule has 0 radical (unpaired) electrons. The van der Waals surface area contributed by atoms with E-state index >= 15 is 0 Å². The average molecular weight is 206 g/mol. The molecule has 0 saturated heterocycles. The predicted molar refractivity (Wildman–Crippen MR) is 54.6 cm³/mol. The van der Waals surface area contributed by atoms with Crippen molar-refractivity contribution < 1.29 is 9.90 Å². The maximum Gasteiger partial charge on any atom is 0.307 e. The summed E-state index contributed by atoms with van der Waals surface area (Å²) in [5.41, 5.74) is 0.982. The van der Waals surface area contributed by atoms with E-state index in [4.69, 9.17) is 5.11 Å². The smallest absolute Gasteiger partial charge is 0.307 e. The van der Waals surface area contributed by atoms with Gasteiger partial charge in [-0.25, -0.2) is 9.97 Å². The molecule has 4 nitrogen and oxygen atoms in total. The number of carbonyl (C=O) groups is 1. The summed E-state index contributed by atoms with van der Waals surface area (Å²) in [6.07, 6.45) is 2.39. The summed E-state index contributed by atoms with van der Waals surface area (Å²) in [6.45, 7) is 4.13. The number of hydrogen-bond donors (Lipinski definition) is 1. The molecule has 2 atom stereocenters. The third-order valence-electron chi connectivity index (χ3n) is 2.73. The first-order chi connectivity index (χ1) is 7.09. The summed E-state index contributed by atoms with van der Waals surface area (Å²) in [5, 5.41) is 8.81. The van der Waals surface area contributed by atoms with E-state index in [-0.39, 0.29) is 11.8 Å². The second kappa shape index (κ2) is 3.61. The number of aliphatic carboxylic acids is 1. The van der Waals surface area contributed by atoms with Crippen molar-refractivity contribution >= 4 is 5.97 Å². The normalized spacial score (nSPS) is 24.2. The molecule has 0 spiro atoms. The maximum atomic E-state index is 10.7. The van der Waals surface area contributed by atoms with E-state index in [2.05, 4.69) is 23.8 Å². The first-order valence-electron chi connectivity index (χ1n) is 5.15. The Labute approximate surface area is 88.4 Å². The molecule has 2 rings (SSSR count). The van der Waals surface area contributed by atoms with Crippen molar-refractivity contribution in [2.45, 2.75) is 32.1 Å². The quantitative estimate of drug-likeness (QED) is 0.818. The minimum atomic E-state index is -0.737. The fourth-order valence-corrected chi connectivity index (χ4v) is 1.64. The Bertz CT molecular complexity index is 390. The van der Waals surface area contributed by atoms with Crippen LogP contribution in [0.4, 0.5) is 0 Å². The second-order valence-corrected chi connectivity index (χ2v) is 4.28. The van der Waals surface area contributed by atoms with Gasteiger partial charge in [-0.1, -0.05) is 13.8 Å². The van der Waals surface area contributed by atoms with Crippen molar-refractivity contribution in [3.63, 3.8) is 0 Å². The summed E-state index contributed by atoms with van der Waals surface area (Å²) < 4.78 is 0. The lowest BCUT2D eigenvalue weighted by atomic mass is 10.1. The number of carboxylic acids is 1. The van der Waals surface area contributed by atoms with Crippen molar-refractivity contribution in [3.8, 4) is 0 Å². The molecule has 1 N–H and O–H groups in total. The lowest BCUT2D eigenvalue weighted by Gasteiger charge is -2.05. The Kier molecular flexibility index (Phi) is 2.42. The summed E-state index contributed by atoms with van der Waals surface area (Å²) >= 11 is 0. The summed E-state index contributed by atoms with van der Waals surface area (Å²) in [5.74, 6) is 0.0644. The van der Waals surface area contributed by atoms with Crippen LogP contribution in [0.3, 0.4) is 0 Å². The number of aromatic nitrogens is 2. The van der Waals surface area contributed by atoms with Gasteiger partial charge in [0.25, 0.3) is 0 Å². The van der Waals surface area contributed by atoms with Crippen LogP contribution in [0.15, 0.2) is 12.3 Å². The molecule has 15 heavy (non-hydrogen) atoms. The number of carboxylic acid groups (broad SMARTS) is 1. The Hall–Kier alpha value is -1.45. The van der Waals surface area contributed by atoms with Crippen molar-refractivity contribution in [1.82, 2.24) is 9.97 Å². The molecule has 0 amide bonds. The highest BCUT2D eigenvalue weighted by atomic mass is 16.4. The highest BCUT2D eigenvalue weighted by Gasteiger charge is 2.46. The van der Waals surface area contributed by atoms with Gasteiger partial charge < -0.3 is 5.11 Å². The first kappa shape index (κ1) is 10.1. The Morgan fingerprint density at radius 1 is 1.60 bits per heavy atom. The van der Waals surface area contributed by atoms with E-state index in [0.29, 0.717) is 18.2 Å². The van der Waals surface area contributed by atoms with Gasteiger partial charge in [0.1, 0.15) is 5.82 Å².